The molecule has 0 radical (unpaired) electrons. The van der Waals surface area contributed by atoms with Crippen molar-refractivity contribution in [2.24, 2.45) is 5.41 Å². The van der Waals surface area contributed by atoms with E-state index in [1.807, 2.05) is 12.4 Å². The minimum Gasteiger partial charge on any atom is -0.396 e. The normalized spacial score (nSPS) is 13.1. The molecule has 0 aliphatic rings. The molecule has 3 heteroatoms. The van der Waals surface area contributed by atoms with E-state index in [-0.39, 0.29) is 17.4 Å². The average molecular weight is 224 g/mol. The number of aromatic amines is 1. The van der Waals surface area contributed by atoms with Gasteiger partial charge in [0, 0.05) is 42.9 Å². The number of hydrogen-bond acceptors (Lipinski definition) is 2. The summed E-state index contributed by atoms with van der Waals surface area (Å²) in [5.74, 6) is 0. The monoisotopic (exact) mass is 224 g/mol. The van der Waals surface area contributed by atoms with Crippen LogP contribution in [0.4, 0.5) is 0 Å². The van der Waals surface area contributed by atoms with Crippen molar-refractivity contribution in [3.8, 4) is 0 Å². The van der Waals surface area contributed by atoms with Crippen molar-refractivity contribution in [1.82, 2.24) is 10.3 Å². The van der Waals surface area contributed by atoms with E-state index in [1.54, 1.807) is 0 Å². The average Bonchev–Trinajstić information content (AvgIpc) is 2.70. The first kappa shape index (κ1) is 13.3. The second-order valence-corrected chi connectivity index (χ2v) is 5.91. The van der Waals surface area contributed by atoms with Gasteiger partial charge in [-0.05, 0) is 11.6 Å². The van der Waals surface area contributed by atoms with E-state index in [2.05, 4.69) is 44.1 Å². The molecule has 0 fully saturated rings. The Labute approximate surface area is 98.3 Å². The Morgan fingerprint density at radius 1 is 1.25 bits per heavy atom. The molecule has 1 heterocycles. The molecule has 92 valence electrons. The summed E-state index contributed by atoms with van der Waals surface area (Å²) < 4.78 is 0. The van der Waals surface area contributed by atoms with Gasteiger partial charge in [0.05, 0.1) is 0 Å². The summed E-state index contributed by atoms with van der Waals surface area (Å²) in [4.78, 5) is 3.09. The Hall–Kier alpha value is -0.800. The third kappa shape index (κ3) is 3.65. The first-order valence-corrected chi connectivity index (χ1v) is 5.82. The first-order chi connectivity index (χ1) is 7.37. The molecule has 1 rings (SSSR count). The zero-order valence-corrected chi connectivity index (χ0v) is 10.8. The van der Waals surface area contributed by atoms with Gasteiger partial charge in [-0.3, -0.25) is 0 Å². The summed E-state index contributed by atoms with van der Waals surface area (Å²) >= 11 is 0. The van der Waals surface area contributed by atoms with Crippen molar-refractivity contribution in [1.29, 1.82) is 0 Å². The molecule has 0 spiro atoms. The number of aliphatic hydroxyl groups excluding tert-OH is 1. The molecule has 0 atom stereocenters. The standard InChI is InChI=1S/C13H24N2O/c1-12(2,10-16)8-15-9-13(3,4)11-5-6-14-7-11/h5-7,14-16H,8-10H2,1-4H3. The smallest absolute Gasteiger partial charge is 0.0494 e. The Morgan fingerprint density at radius 2 is 1.94 bits per heavy atom. The molecule has 0 amide bonds. The molecular formula is C13H24N2O. The quantitative estimate of drug-likeness (QED) is 0.691. The van der Waals surface area contributed by atoms with Gasteiger partial charge in [-0.15, -0.1) is 0 Å². The summed E-state index contributed by atoms with van der Waals surface area (Å²) in [5.41, 5.74) is 1.38. The number of nitrogens with one attached hydrogen (secondary N) is 2. The highest BCUT2D eigenvalue weighted by Crippen LogP contribution is 2.22. The lowest BCUT2D eigenvalue weighted by Gasteiger charge is -2.28. The van der Waals surface area contributed by atoms with Crippen LogP contribution < -0.4 is 5.32 Å². The molecular weight excluding hydrogens is 200 g/mol. The Morgan fingerprint density at radius 3 is 2.44 bits per heavy atom. The molecule has 0 saturated heterocycles. The highest BCUT2D eigenvalue weighted by molar-refractivity contribution is 5.20. The lowest BCUT2D eigenvalue weighted by molar-refractivity contribution is 0.155. The summed E-state index contributed by atoms with van der Waals surface area (Å²) in [7, 11) is 0. The largest absolute Gasteiger partial charge is 0.396 e. The van der Waals surface area contributed by atoms with E-state index in [0.29, 0.717) is 0 Å². The van der Waals surface area contributed by atoms with Gasteiger partial charge in [0.15, 0.2) is 0 Å². The van der Waals surface area contributed by atoms with Crippen LogP contribution in [0.2, 0.25) is 0 Å². The molecule has 1 aromatic heterocycles. The maximum Gasteiger partial charge on any atom is 0.0494 e. The summed E-state index contributed by atoms with van der Waals surface area (Å²) in [5, 5.41) is 12.6. The van der Waals surface area contributed by atoms with E-state index in [1.165, 1.54) is 5.56 Å². The number of aromatic nitrogens is 1. The van der Waals surface area contributed by atoms with Crippen molar-refractivity contribution in [3.63, 3.8) is 0 Å². The lowest BCUT2D eigenvalue weighted by atomic mass is 9.86. The predicted octanol–water partition coefficient (Wildman–Crippen LogP) is 1.90. The predicted molar refractivity (Wildman–Crippen MR) is 67.6 cm³/mol. The van der Waals surface area contributed by atoms with E-state index in [0.717, 1.165) is 13.1 Å². The van der Waals surface area contributed by atoms with Crippen molar-refractivity contribution in [2.75, 3.05) is 19.7 Å². The van der Waals surface area contributed by atoms with Gasteiger partial charge in [-0.25, -0.2) is 0 Å². The van der Waals surface area contributed by atoms with E-state index in [9.17, 15) is 0 Å². The molecule has 0 saturated carbocycles. The molecule has 16 heavy (non-hydrogen) atoms. The van der Waals surface area contributed by atoms with Gasteiger partial charge in [0.1, 0.15) is 0 Å². The maximum atomic E-state index is 9.16. The van der Waals surface area contributed by atoms with Gasteiger partial charge < -0.3 is 15.4 Å². The molecule has 0 unspecified atom stereocenters. The van der Waals surface area contributed by atoms with Crippen molar-refractivity contribution >= 4 is 0 Å². The van der Waals surface area contributed by atoms with Crippen molar-refractivity contribution in [2.45, 2.75) is 33.1 Å². The van der Waals surface area contributed by atoms with Crippen LogP contribution in [0.25, 0.3) is 0 Å². The molecule has 3 N–H and O–H groups in total. The molecule has 0 aliphatic heterocycles. The molecule has 1 aromatic rings. The fraction of sp³-hybridized carbons (Fsp3) is 0.692. The second-order valence-electron chi connectivity index (χ2n) is 5.91. The van der Waals surface area contributed by atoms with Gasteiger partial charge in [-0.2, -0.15) is 0 Å². The summed E-state index contributed by atoms with van der Waals surface area (Å²) in [6, 6.07) is 2.11. The van der Waals surface area contributed by atoms with Crippen molar-refractivity contribution in [3.05, 3.63) is 24.0 Å². The molecule has 0 bridgehead atoms. The van der Waals surface area contributed by atoms with Crippen LogP contribution in [0.15, 0.2) is 18.5 Å². The zero-order valence-electron chi connectivity index (χ0n) is 10.8. The Kier molecular flexibility index (Phi) is 4.16. The van der Waals surface area contributed by atoms with Crippen LogP contribution in [-0.4, -0.2) is 29.8 Å². The third-order valence-corrected chi connectivity index (χ3v) is 2.98. The topological polar surface area (TPSA) is 48.0 Å². The minimum absolute atomic E-state index is 0.0474. The molecule has 0 aromatic carbocycles. The van der Waals surface area contributed by atoms with Crippen LogP contribution >= 0.6 is 0 Å². The van der Waals surface area contributed by atoms with Gasteiger partial charge in [0.25, 0.3) is 0 Å². The Balaban J connectivity index is 2.43. The lowest BCUT2D eigenvalue weighted by Crippen LogP contribution is -2.39. The third-order valence-electron chi connectivity index (χ3n) is 2.98. The van der Waals surface area contributed by atoms with Gasteiger partial charge in [0.2, 0.25) is 0 Å². The second kappa shape index (κ2) is 5.02. The molecule has 0 aliphatic carbocycles. The van der Waals surface area contributed by atoms with E-state index < -0.39 is 0 Å². The van der Waals surface area contributed by atoms with Crippen LogP contribution in [0, 0.1) is 5.41 Å². The molecule has 3 nitrogen and oxygen atoms in total. The van der Waals surface area contributed by atoms with Gasteiger partial charge >= 0.3 is 0 Å². The number of hydrogen-bond donors (Lipinski definition) is 3. The maximum absolute atomic E-state index is 9.16. The first-order valence-electron chi connectivity index (χ1n) is 5.82. The number of rotatable bonds is 6. The van der Waals surface area contributed by atoms with Crippen LogP contribution in [0.3, 0.4) is 0 Å². The zero-order chi connectivity index (χ0) is 12.2. The Bertz CT molecular complexity index is 302. The minimum atomic E-state index is -0.0474. The van der Waals surface area contributed by atoms with Crippen LogP contribution in [0.1, 0.15) is 33.3 Å². The fourth-order valence-corrected chi connectivity index (χ4v) is 1.62. The summed E-state index contributed by atoms with van der Waals surface area (Å²) in [6.07, 6.45) is 3.99. The summed E-state index contributed by atoms with van der Waals surface area (Å²) in [6.45, 7) is 10.5. The SMILES string of the molecule is CC(C)(CO)CNCC(C)(C)c1cc[nH]c1. The van der Waals surface area contributed by atoms with E-state index >= 15 is 0 Å². The highest BCUT2D eigenvalue weighted by Gasteiger charge is 2.22. The van der Waals surface area contributed by atoms with Gasteiger partial charge in [-0.1, -0.05) is 27.7 Å². The van der Waals surface area contributed by atoms with Crippen LogP contribution in [-0.2, 0) is 5.41 Å². The number of aliphatic hydroxyl groups is 1. The highest BCUT2D eigenvalue weighted by atomic mass is 16.3. The number of H-pyrrole nitrogens is 1. The van der Waals surface area contributed by atoms with Crippen LogP contribution in [0.5, 0.6) is 0 Å². The fourth-order valence-electron chi connectivity index (χ4n) is 1.62. The van der Waals surface area contributed by atoms with E-state index in [4.69, 9.17) is 5.11 Å². The van der Waals surface area contributed by atoms with Crippen molar-refractivity contribution < 1.29 is 5.11 Å².